The Morgan fingerprint density at radius 2 is 2.18 bits per heavy atom. The van der Waals surface area contributed by atoms with Gasteiger partial charge in [-0.15, -0.1) is 0 Å². The number of nitriles is 1. The molecule has 0 amide bonds. The van der Waals surface area contributed by atoms with Crippen LogP contribution in [0.1, 0.15) is 16.1 Å². The summed E-state index contributed by atoms with van der Waals surface area (Å²) in [5.41, 5.74) is 1.57. The van der Waals surface area contributed by atoms with Crippen LogP contribution in [0.25, 0.3) is 11.3 Å². The number of aromatic carboxylic acids is 1. The average molecular weight is 301 g/mol. The highest BCUT2D eigenvalue weighted by atomic mass is 16.5. The van der Waals surface area contributed by atoms with Crippen molar-refractivity contribution in [2.24, 2.45) is 7.05 Å². The Balaban J connectivity index is 2.31. The Morgan fingerprint density at radius 3 is 2.77 bits per heavy atom. The summed E-state index contributed by atoms with van der Waals surface area (Å²) in [6, 6.07) is 8.54. The highest BCUT2D eigenvalue weighted by Crippen LogP contribution is 2.26. The zero-order chi connectivity index (χ0) is 16.1. The van der Waals surface area contributed by atoms with Gasteiger partial charge in [-0.1, -0.05) is 0 Å². The molecule has 7 heteroatoms. The standard InChI is InChI=1S/C15H15N3O4/c1-18-13(15(19)20)8-12(17-18)10-3-4-14(11(7-10)9-16)22-6-5-21-2/h3-4,7-8H,5-6H2,1-2H3,(H,19,20). The molecule has 2 aromatic rings. The highest BCUT2D eigenvalue weighted by molar-refractivity contribution is 5.87. The molecular formula is C15H15N3O4. The van der Waals surface area contributed by atoms with E-state index in [1.807, 2.05) is 0 Å². The molecule has 1 aromatic carbocycles. The lowest BCUT2D eigenvalue weighted by Gasteiger charge is -2.08. The van der Waals surface area contributed by atoms with Crippen LogP contribution >= 0.6 is 0 Å². The molecule has 0 saturated carbocycles. The van der Waals surface area contributed by atoms with E-state index in [1.54, 1.807) is 32.4 Å². The summed E-state index contributed by atoms with van der Waals surface area (Å²) in [5, 5.41) is 22.4. The van der Waals surface area contributed by atoms with E-state index in [0.717, 1.165) is 0 Å². The van der Waals surface area contributed by atoms with Gasteiger partial charge in [0.1, 0.15) is 24.1 Å². The van der Waals surface area contributed by atoms with Gasteiger partial charge in [0.2, 0.25) is 0 Å². The largest absolute Gasteiger partial charge is 0.490 e. The Morgan fingerprint density at radius 1 is 1.41 bits per heavy atom. The molecule has 0 spiro atoms. The first-order valence-electron chi connectivity index (χ1n) is 6.50. The number of carbonyl (C=O) groups is 1. The van der Waals surface area contributed by atoms with Gasteiger partial charge in [0, 0.05) is 19.7 Å². The fourth-order valence-corrected chi connectivity index (χ4v) is 1.95. The Bertz CT molecular complexity index is 731. The number of aryl methyl sites for hydroxylation is 1. The summed E-state index contributed by atoms with van der Waals surface area (Å²) in [6.07, 6.45) is 0. The molecule has 0 saturated heterocycles. The van der Waals surface area contributed by atoms with Crippen LogP contribution in [0.3, 0.4) is 0 Å². The third kappa shape index (κ3) is 3.24. The van der Waals surface area contributed by atoms with E-state index in [-0.39, 0.29) is 5.69 Å². The van der Waals surface area contributed by atoms with Gasteiger partial charge in [0.25, 0.3) is 0 Å². The summed E-state index contributed by atoms with van der Waals surface area (Å²) in [7, 11) is 3.12. The van der Waals surface area contributed by atoms with E-state index in [2.05, 4.69) is 11.2 Å². The molecule has 1 N–H and O–H groups in total. The van der Waals surface area contributed by atoms with Crippen molar-refractivity contribution < 1.29 is 19.4 Å². The minimum Gasteiger partial charge on any atom is -0.490 e. The third-order valence-electron chi connectivity index (χ3n) is 3.04. The van der Waals surface area contributed by atoms with Gasteiger partial charge in [-0.3, -0.25) is 4.68 Å². The summed E-state index contributed by atoms with van der Waals surface area (Å²) in [6.45, 7) is 0.770. The SMILES string of the molecule is COCCOc1ccc(-c2cc(C(=O)O)n(C)n2)cc1C#N. The Hall–Kier alpha value is -2.85. The zero-order valence-electron chi connectivity index (χ0n) is 12.2. The first-order chi connectivity index (χ1) is 10.6. The number of benzene rings is 1. The van der Waals surface area contributed by atoms with Crippen molar-refractivity contribution in [2.45, 2.75) is 0 Å². The second-order valence-electron chi connectivity index (χ2n) is 4.51. The van der Waals surface area contributed by atoms with Crippen LogP contribution in [0, 0.1) is 11.3 Å². The average Bonchev–Trinajstić information content (AvgIpc) is 2.90. The van der Waals surface area contributed by atoms with Gasteiger partial charge < -0.3 is 14.6 Å². The van der Waals surface area contributed by atoms with Gasteiger partial charge in [-0.05, 0) is 24.3 Å². The summed E-state index contributed by atoms with van der Waals surface area (Å²) >= 11 is 0. The van der Waals surface area contributed by atoms with E-state index in [4.69, 9.17) is 14.6 Å². The van der Waals surface area contributed by atoms with Gasteiger partial charge in [0.15, 0.2) is 0 Å². The molecule has 0 atom stereocenters. The first kappa shape index (κ1) is 15.5. The monoisotopic (exact) mass is 301 g/mol. The predicted octanol–water partition coefficient (Wildman–Crippen LogP) is 1.68. The van der Waals surface area contributed by atoms with Crippen molar-refractivity contribution in [3.63, 3.8) is 0 Å². The van der Waals surface area contributed by atoms with Crippen LogP contribution in [0.15, 0.2) is 24.3 Å². The number of carboxylic acid groups (broad SMARTS) is 1. The molecule has 0 radical (unpaired) electrons. The molecule has 2 rings (SSSR count). The lowest BCUT2D eigenvalue weighted by atomic mass is 10.1. The zero-order valence-corrected chi connectivity index (χ0v) is 12.2. The van der Waals surface area contributed by atoms with Crippen LogP contribution in [0.4, 0.5) is 0 Å². The molecule has 0 bridgehead atoms. The summed E-state index contributed by atoms with van der Waals surface area (Å²) in [4.78, 5) is 11.0. The molecule has 0 unspecified atom stereocenters. The predicted molar refractivity (Wildman–Crippen MR) is 77.7 cm³/mol. The van der Waals surface area contributed by atoms with Gasteiger partial charge >= 0.3 is 5.97 Å². The molecule has 0 aliphatic rings. The van der Waals surface area contributed by atoms with Crippen molar-refractivity contribution in [2.75, 3.05) is 20.3 Å². The van der Waals surface area contributed by atoms with Crippen molar-refractivity contribution in [1.29, 1.82) is 5.26 Å². The fraction of sp³-hybridized carbons (Fsp3) is 0.267. The minimum absolute atomic E-state index is 0.0777. The maximum absolute atomic E-state index is 11.0. The lowest BCUT2D eigenvalue weighted by molar-refractivity contribution is 0.0685. The maximum Gasteiger partial charge on any atom is 0.354 e. The summed E-state index contributed by atoms with van der Waals surface area (Å²) < 4.78 is 11.6. The van der Waals surface area contributed by atoms with Crippen LogP contribution in [0.2, 0.25) is 0 Å². The molecule has 7 nitrogen and oxygen atoms in total. The third-order valence-corrected chi connectivity index (χ3v) is 3.04. The van der Waals surface area contributed by atoms with Crippen molar-refractivity contribution in [3.05, 3.63) is 35.5 Å². The van der Waals surface area contributed by atoms with E-state index in [9.17, 15) is 10.1 Å². The van der Waals surface area contributed by atoms with Crippen LogP contribution in [-0.2, 0) is 11.8 Å². The van der Waals surface area contributed by atoms with Gasteiger partial charge in [-0.25, -0.2) is 4.79 Å². The van der Waals surface area contributed by atoms with E-state index < -0.39 is 5.97 Å². The summed E-state index contributed by atoms with van der Waals surface area (Å²) in [5.74, 6) is -0.598. The van der Waals surface area contributed by atoms with E-state index in [1.165, 1.54) is 10.7 Å². The molecule has 1 aromatic heterocycles. The second kappa shape index (κ2) is 6.74. The first-order valence-corrected chi connectivity index (χ1v) is 6.50. The molecule has 1 heterocycles. The molecular weight excluding hydrogens is 286 g/mol. The van der Waals surface area contributed by atoms with Gasteiger partial charge in [0.05, 0.1) is 17.9 Å². The highest BCUT2D eigenvalue weighted by Gasteiger charge is 2.14. The number of carboxylic acids is 1. The molecule has 0 aliphatic heterocycles. The van der Waals surface area contributed by atoms with Crippen molar-refractivity contribution in [3.8, 4) is 23.1 Å². The second-order valence-corrected chi connectivity index (χ2v) is 4.51. The fourth-order valence-electron chi connectivity index (χ4n) is 1.95. The van der Waals surface area contributed by atoms with E-state index in [0.29, 0.717) is 35.8 Å². The molecule has 22 heavy (non-hydrogen) atoms. The topological polar surface area (TPSA) is 97.4 Å². The van der Waals surface area contributed by atoms with Gasteiger partial charge in [-0.2, -0.15) is 10.4 Å². The number of hydrogen-bond donors (Lipinski definition) is 1. The van der Waals surface area contributed by atoms with E-state index >= 15 is 0 Å². The Kier molecular flexibility index (Phi) is 4.76. The molecule has 114 valence electrons. The molecule has 0 fully saturated rings. The van der Waals surface area contributed by atoms with Crippen LogP contribution in [0.5, 0.6) is 5.75 Å². The number of rotatable bonds is 6. The number of methoxy groups -OCH3 is 1. The normalized spacial score (nSPS) is 10.2. The number of ether oxygens (including phenoxy) is 2. The smallest absolute Gasteiger partial charge is 0.354 e. The van der Waals surface area contributed by atoms with Crippen LogP contribution < -0.4 is 4.74 Å². The number of nitrogens with zero attached hydrogens (tertiary/aromatic N) is 3. The molecule has 0 aliphatic carbocycles. The quantitative estimate of drug-likeness (QED) is 0.815. The lowest BCUT2D eigenvalue weighted by Crippen LogP contribution is -2.05. The van der Waals surface area contributed by atoms with Crippen LogP contribution in [-0.4, -0.2) is 41.2 Å². The minimum atomic E-state index is -1.05. The number of aromatic nitrogens is 2. The van der Waals surface area contributed by atoms with Crippen molar-refractivity contribution in [1.82, 2.24) is 9.78 Å². The maximum atomic E-state index is 11.0. The Labute approximate surface area is 127 Å². The number of hydrogen-bond acceptors (Lipinski definition) is 5. The van der Waals surface area contributed by atoms with Crippen molar-refractivity contribution >= 4 is 5.97 Å².